The summed E-state index contributed by atoms with van der Waals surface area (Å²) in [5.41, 5.74) is 4.28. The van der Waals surface area contributed by atoms with Crippen molar-refractivity contribution in [3.05, 3.63) is 59.0 Å². The minimum absolute atomic E-state index is 0.0284. The van der Waals surface area contributed by atoms with Crippen molar-refractivity contribution >= 4 is 17.5 Å². The Bertz CT molecular complexity index is 1100. The van der Waals surface area contributed by atoms with Gasteiger partial charge in [-0.25, -0.2) is 5.01 Å². The number of rotatable bonds is 8. The molecule has 1 aliphatic carbocycles. The quantitative estimate of drug-likeness (QED) is 0.563. The van der Waals surface area contributed by atoms with Gasteiger partial charge in [0.2, 0.25) is 5.91 Å². The fourth-order valence-corrected chi connectivity index (χ4v) is 5.04. The maximum absolute atomic E-state index is 13.7. The number of hydrogen-bond donors (Lipinski definition) is 0. The lowest BCUT2D eigenvalue weighted by Gasteiger charge is -2.34. The van der Waals surface area contributed by atoms with E-state index < -0.39 is 0 Å². The van der Waals surface area contributed by atoms with Gasteiger partial charge in [-0.05, 0) is 61.6 Å². The van der Waals surface area contributed by atoms with Crippen LogP contribution in [0.25, 0.3) is 0 Å². The predicted molar refractivity (Wildman–Crippen MR) is 137 cm³/mol. The summed E-state index contributed by atoms with van der Waals surface area (Å²) in [7, 11) is 0. The van der Waals surface area contributed by atoms with E-state index in [2.05, 4.69) is 36.9 Å². The molecular weight excluding hydrogens is 456 g/mol. The Kier molecular flexibility index (Phi) is 7.53. The van der Waals surface area contributed by atoms with E-state index in [9.17, 15) is 9.59 Å². The molecular formula is C28H36N4O4. The van der Waals surface area contributed by atoms with Crippen LogP contribution in [0.5, 0.6) is 0 Å². The number of morpholine rings is 1. The van der Waals surface area contributed by atoms with Gasteiger partial charge in [0.15, 0.2) is 0 Å². The molecule has 3 aliphatic rings. The van der Waals surface area contributed by atoms with Gasteiger partial charge in [0.25, 0.3) is 5.91 Å². The first-order chi connectivity index (χ1) is 17.5. The molecule has 192 valence electrons. The van der Waals surface area contributed by atoms with E-state index in [1.165, 1.54) is 11.1 Å². The highest BCUT2D eigenvalue weighted by atomic mass is 16.5. The number of aryl methyl sites for hydroxylation is 2. The van der Waals surface area contributed by atoms with Crippen molar-refractivity contribution in [1.29, 1.82) is 0 Å². The number of furan rings is 1. The van der Waals surface area contributed by atoms with Gasteiger partial charge in [-0.2, -0.15) is 5.10 Å². The van der Waals surface area contributed by atoms with Crippen LogP contribution in [0.15, 0.2) is 46.1 Å². The summed E-state index contributed by atoms with van der Waals surface area (Å²) in [4.78, 5) is 31.0. The highest BCUT2D eigenvalue weighted by Gasteiger charge is 2.37. The Balaban J connectivity index is 1.35. The Morgan fingerprint density at radius 2 is 1.92 bits per heavy atom. The van der Waals surface area contributed by atoms with Gasteiger partial charge in [0.05, 0.1) is 25.2 Å². The molecule has 2 aromatic rings. The van der Waals surface area contributed by atoms with E-state index in [0.29, 0.717) is 31.9 Å². The zero-order valence-electron chi connectivity index (χ0n) is 21.3. The van der Waals surface area contributed by atoms with E-state index in [0.717, 1.165) is 50.2 Å². The van der Waals surface area contributed by atoms with Gasteiger partial charge in [-0.15, -0.1) is 0 Å². The molecule has 0 N–H and O–H groups in total. The average molecular weight is 493 g/mol. The first-order valence-corrected chi connectivity index (χ1v) is 13.1. The van der Waals surface area contributed by atoms with Gasteiger partial charge in [0.1, 0.15) is 18.3 Å². The summed E-state index contributed by atoms with van der Waals surface area (Å²) in [6, 6.07) is 9.67. The van der Waals surface area contributed by atoms with Gasteiger partial charge in [0, 0.05) is 38.5 Å². The fraction of sp³-hybridized carbons (Fsp3) is 0.536. The molecule has 1 aromatic heterocycles. The van der Waals surface area contributed by atoms with E-state index in [1.807, 2.05) is 12.1 Å². The number of hydrogen-bond acceptors (Lipinski definition) is 6. The summed E-state index contributed by atoms with van der Waals surface area (Å²) in [6.45, 7) is 8.61. The Hall–Kier alpha value is -2.97. The third-order valence-corrected chi connectivity index (χ3v) is 7.76. The standard InChI is InChI=1S/C28H36N4O4/c1-20-8-9-23(17-21(20)2)24-18-25(26-7-4-14-36-26)32(29-24)27(33)19-31(28(34)22-5-3-6-22)11-10-30-12-15-35-16-13-30/h4,7-9,14,17,22,25H,3,5-6,10-13,15-16,18-19H2,1-2H3. The summed E-state index contributed by atoms with van der Waals surface area (Å²) >= 11 is 0. The first kappa shape index (κ1) is 24.7. The van der Waals surface area contributed by atoms with Crippen molar-refractivity contribution in [3.8, 4) is 0 Å². The summed E-state index contributed by atoms with van der Waals surface area (Å²) < 4.78 is 11.2. The van der Waals surface area contributed by atoms with Crippen LogP contribution >= 0.6 is 0 Å². The number of carbonyl (C=O) groups is 2. The van der Waals surface area contributed by atoms with Crippen molar-refractivity contribution in [2.75, 3.05) is 45.9 Å². The average Bonchev–Trinajstić information content (AvgIpc) is 3.53. The van der Waals surface area contributed by atoms with Gasteiger partial charge in [-0.1, -0.05) is 18.6 Å². The van der Waals surface area contributed by atoms with Crippen LogP contribution in [0.2, 0.25) is 0 Å². The molecule has 8 nitrogen and oxygen atoms in total. The van der Waals surface area contributed by atoms with E-state index in [-0.39, 0.29) is 30.3 Å². The van der Waals surface area contributed by atoms with E-state index in [4.69, 9.17) is 14.3 Å². The van der Waals surface area contributed by atoms with Crippen LogP contribution in [0, 0.1) is 19.8 Å². The highest BCUT2D eigenvalue weighted by Crippen LogP contribution is 2.34. The molecule has 2 fully saturated rings. The van der Waals surface area contributed by atoms with Crippen LogP contribution in [-0.4, -0.2) is 78.3 Å². The Morgan fingerprint density at radius 1 is 1.11 bits per heavy atom. The second-order valence-electron chi connectivity index (χ2n) is 10.2. The Morgan fingerprint density at radius 3 is 2.58 bits per heavy atom. The zero-order valence-corrected chi connectivity index (χ0v) is 21.3. The molecule has 3 heterocycles. The number of benzene rings is 1. The van der Waals surface area contributed by atoms with Crippen molar-refractivity contribution in [3.63, 3.8) is 0 Å². The van der Waals surface area contributed by atoms with Gasteiger partial charge < -0.3 is 14.1 Å². The van der Waals surface area contributed by atoms with Gasteiger partial charge >= 0.3 is 0 Å². The maximum Gasteiger partial charge on any atom is 0.262 e. The maximum atomic E-state index is 13.7. The van der Waals surface area contributed by atoms with Crippen LogP contribution in [0.1, 0.15) is 54.2 Å². The largest absolute Gasteiger partial charge is 0.467 e. The molecule has 1 saturated carbocycles. The predicted octanol–water partition coefficient (Wildman–Crippen LogP) is 3.54. The van der Waals surface area contributed by atoms with E-state index in [1.54, 1.807) is 16.2 Å². The monoisotopic (exact) mass is 492 g/mol. The second kappa shape index (κ2) is 11.0. The number of amides is 2. The summed E-state index contributed by atoms with van der Waals surface area (Å²) in [5, 5.41) is 6.32. The lowest BCUT2D eigenvalue weighted by Crippen LogP contribution is -2.49. The summed E-state index contributed by atoms with van der Waals surface area (Å²) in [6.07, 6.45) is 5.11. The summed E-state index contributed by atoms with van der Waals surface area (Å²) in [5.74, 6) is 0.660. The molecule has 1 unspecified atom stereocenters. The van der Waals surface area contributed by atoms with Crippen LogP contribution < -0.4 is 0 Å². The molecule has 36 heavy (non-hydrogen) atoms. The minimum atomic E-state index is -0.316. The molecule has 0 spiro atoms. The molecule has 0 radical (unpaired) electrons. The smallest absolute Gasteiger partial charge is 0.262 e. The van der Waals surface area contributed by atoms with Crippen molar-refractivity contribution in [1.82, 2.24) is 14.8 Å². The van der Waals surface area contributed by atoms with Crippen LogP contribution in [-0.2, 0) is 14.3 Å². The lowest BCUT2D eigenvalue weighted by molar-refractivity contribution is -0.146. The third-order valence-electron chi connectivity index (χ3n) is 7.76. The van der Waals surface area contributed by atoms with E-state index >= 15 is 0 Å². The first-order valence-electron chi connectivity index (χ1n) is 13.1. The molecule has 2 amide bonds. The molecule has 8 heteroatoms. The molecule has 5 rings (SSSR count). The number of nitrogens with zero attached hydrogens (tertiary/aromatic N) is 4. The highest BCUT2D eigenvalue weighted by molar-refractivity contribution is 6.03. The zero-order chi connectivity index (χ0) is 25.1. The number of hydrazone groups is 1. The number of carbonyl (C=O) groups excluding carboxylic acids is 2. The topological polar surface area (TPSA) is 78.6 Å². The normalized spacial score (nSPS) is 20.8. The molecule has 0 bridgehead atoms. The minimum Gasteiger partial charge on any atom is -0.467 e. The van der Waals surface area contributed by atoms with Crippen molar-refractivity contribution in [2.24, 2.45) is 11.0 Å². The third kappa shape index (κ3) is 5.39. The SMILES string of the molecule is Cc1ccc(C2=NN(C(=O)CN(CCN3CCOCC3)C(=O)C3CCC3)C(c3ccco3)C2)cc1C. The second-order valence-corrected chi connectivity index (χ2v) is 10.2. The fourth-order valence-electron chi connectivity index (χ4n) is 5.04. The van der Waals surface area contributed by atoms with Crippen molar-refractivity contribution < 1.29 is 18.7 Å². The van der Waals surface area contributed by atoms with Crippen LogP contribution in [0.3, 0.4) is 0 Å². The molecule has 1 atom stereocenters. The van der Waals surface area contributed by atoms with Crippen LogP contribution in [0.4, 0.5) is 0 Å². The van der Waals surface area contributed by atoms with Gasteiger partial charge in [-0.3, -0.25) is 14.5 Å². The Labute approximate surface area is 212 Å². The lowest BCUT2D eigenvalue weighted by atomic mass is 9.84. The number of ether oxygens (including phenoxy) is 1. The molecule has 1 aromatic carbocycles. The van der Waals surface area contributed by atoms with Crippen molar-refractivity contribution in [2.45, 2.75) is 45.6 Å². The molecule has 2 aliphatic heterocycles. The molecule has 1 saturated heterocycles.